The molecule has 37 heavy (non-hydrogen) atoms. The lowest BCUT2D eigenvalue weighted by Gasteiger charge is -2.31. The van der Waals surface area contributed by atoms with E-state index in [-0.39, 0.29) is 17.7 Å². The second-order valence-corrected chi connectivity index (χ2v) is 9.26. The van der Waals surface area contributed by atoms with Crippen molar-refractivity contribution in [2.45, 2.75) is 12.8 Å². The number of hydrogen-bond donors (Lipinski definition) is 1. The number of carbonyl (C=O) groups excluding carboxylic acids is 2. The molecule has 1 aliphatic rings. The van der Waals surface area contributed by atoms with Crippen LogP contribution in [0.5, 0.6) is 0 Å². The van der Waals surface area contributed by atoms with Crippen LogP contribution in [0.15, 0.2) is 85.3 Å². The number of fused-ring (bicyclic) bond motifs is 1. The van der Waals surface area contributed by atoms with Crippen molar-refractivity contribution in [1.29, 1.82) is 0 Å². The summed E-state index contributed by atoms with van der Waals surface area (Å²) < 4.78 is 5.58. The predicted molar refractivity (Wildman–Crippen MR) is 141 cm³/mol. The summed E-state index contributed by atoms with van der Waals surface area (Å²) in [5.41, 5.74) is 3.22. The van der Waals surface area contributed by atoms with Gasteiger partial charge in [-0.1, -0.05) is 30.3 Å². The molecule has 9 nitrogen and oxygen atoms in total. The van der Waals surface area contributed by atoms with Crippen LogP contribution in [-0.2, 0) is 11.8 Å². The maximum Gasteiger partial charge on any atom is 0.259 e. The summed E-state index contributed by atoms with van der Waals surface area (Å²) >= 11 is 0. The van der Waals surface area contributed by atoms with Crippen molar-refractivity contribution in [3.8, 4) is 11.5 Å². The van der Waals surface area contributed by atoms with Gasteiger partial charge in [-0.15, -0.1) is 0 Å². The van der Waals surface area contributed by atoms with Gasteiger partial charge in [-0.3, -0.25) is 14.9 Å². The van der Waals surface area contributed by atoms with E-state index in [1.54, 1.807) is 10.9 Å². The zero-order valence-electron chi connectivity index (χ0n) is 20.5. The minimum Gasteiger partial charge on any atom is -0.338 e. The minimum atomic E-state index is -0.181. The minimum absolute atomic E-state index is 0.0598. The number of amides is 2. The monoisotopic (exact) mass is 493 g/mol. The van der Waals surface area contributed by atoms with E-state index in [2.05, 4.69) is 15.4 Å². The second kappa shape index (κ2) is 9.42. The number of carbonyl (C=O) groups is 2. The van der Waals surface area contributed by atoms with Crippen molar-refractivity contribution in [2.75, 3.05) is 18.4 Å². The Balaban J connectivity index is 1.17. The van der Waals surface area contributed by atoms with Crippen LogP contribution in [0.4, 0.5) is 5.95 Å². The molecule has 0 radical (unpaired) electrons. The predicted octanol–water partition coefficient (Wildman–Crippen LogP) is 4.04. The highest BCUT2D eigenvalue weighted by molar-refractivity contribution is 5.98. The number of hydrogen-bond acceptors (Lipinski definition) is 4. The maximum absolute atomic E-state index is 13.6. The number of likely N-dealkylation sites (tertiary alicyclic amines) is 1. The van der Waals surface area contributed by atoms with Gasteiger partial charge in [0, 0.05) is 38.4 Å². The van der Waals surface area contributed by atoms with Crippen molar-refractivity contribution in [2.24, 2.45) is 13.0 Å². The maximum atomic E-state index is 13.6. The lowest BCUT2D eigenvalue weighted by molar-refractivity contribution is -0.121. The van der Waals surface area contributed by atoms with E-state index in [9.17, 15) is 9.59 Å². The number of anilines is 1. The molecular formula is C28H27N7O2. The number of nitrogens with zero attached hydrogens (tertiary/aromatic N) is 6. The van der Waals surface area contributed by atoms with Gasteiger partial charge in [-0.2, -0.15) is 5.10 Å². The third-order valence-electron chi connectivity index (χ3n) is 7.00. The molecule has 9 heteroatoms. The standard InChI is InChI=1S/C28H27N7O2/c1-32-24-12-6-5-11-23(24)30-28(32)31-25(36)20-13-17-34(18-14-20)27(37)22-19-29-35(21-9-3-2-4-10-21)26(22)33-15-7-8-16-33/h2-12,15-16,19-20H,13-14,17-18H2,1H3,(H,30,31,36). The van der Waals surface area contributed by atoms with Gasteiger partial charge in [0.1, 0.15) is 5.56 Å². The van der Waals surface area contributed by atoms with Gasteiger partial charge in [-0.25, -0.2) is 9.67 Å². The molecule has 2 aromatic carbocycles. The average Bonchev–Trinajstić information content (AvgIpc) is 3.69. The van der Waals surface area contributed by atoms with Crippen LogP contribution < -0.4 is 5.32 Å². The van der Waals surface area contributed by atoms with Crippen molar-refractivity contribution < 1.29 is 9.59 Å². The van der Waals surface area contributed by atoms with E-state index in [1.807, 2.05) is 100 Å². The summed E-state index contributed by atoms with van der Waals surface area (Å²) in [5, 5.41) is 7.54. The molecule has 0 saturated carbocycles. The largest absolute Gasteiger partial charge is 0.338 e. The molecule has 0 atom stereocenters. The zero-order valence-corrected chi connectivity index (χ0v) is 20.5. The van der Waals surface area contributed by atoms with Crippen LogP contribution in [-0.4, -0.2) is 53.7 Å². The van der Waals surface area contributed by atoms with Crippen molar-refractivity contribution in [3.63, 3.8) is 0 Å². The molecule has 4 heterocycles. The number of nitrogens with one attached hydrogen (secondary N) is 1. The zero-order chi connectivity index (χ0) is 25.4. The smallest absolute Gasteiger partial charge is 0.259 e. The molecule has 1 aliphatic heterocycles. The van der Waals surface area contributed by atoms with Crippen LogP contribution >= 0.6 is 0 Å². The van der Waals surface area contributed by atoms with Crippen molar-refractivity contribution >= 4 is 28.8 Å². The molecule has 5 aromatic rings. The first kappa shape index (κ1) is 22.8. The Hall–Kier alpha value is -4.66. The fraction of sp³-hybridized carbons (Fsp3) is 0.214. The van der Waals surface area contributed by atoms with Gasteiger partial charge in [-0.05, 0) is 49.2 Å². The molecule has 2 amide bonds. The summed E-state index contributed by atoms with van der Waals surface area (Å²) in [4.78, 5) is 33.0. The van der Waals surface area contributed by atoms with Gasteiger partial charge in [0.05, 0.1) is 22.9 Å². The molecule has 3 aromatic heterocycles. The molecular weight excluding hydrogens is 466 g/mol. The molecule has 1 N–H and O–H groups in total. The van der Waals surface area contributed by atoms with Crippen molar-refractivity contribution in [3.05, 3.63) is 90.9 Å². The fourth-order valence-corrected chi connectivity index (χ4v) is 4.96. The first-order chi connectivity index (χ1) is 18.1. The van der Waals surface area contributed by atoms with Gasteiger partial charge in [0.2, 0.25) is 11.9 Å². The second-order valence-electron chi connectivity index (χ2n) is 9.26. The topological polar surface area (TPSA) is 90.0 Å². The Bertz CT molecular complexity index is 1560. The lowest BCUT2D eigenvalue weighted by Crippen LogP contribution is -2.41. The van der Waals surface area contributed by atoms with Gasteiger partial charge >= 0.3 is 0 Å². The molecule has 186 valence electrons. The average molecular weight is 494 g/mol. The summed E-state index contributed by atoms with van der Waals surface area (Å²) in [7, 11) is 1.89. The fourth-order valence-electron chi connectivity index (χ4n) is 4.96. The Morgan fingerprint density at radius 1 is 0.919 bits per heavy atom. The van der Waals surface area contributed by atoms with Gasteiger partial charge < -0.3 is 14.0 Å². The summed E-state index contributed by atoms with van der Waals surface area (Å²) in [6.45, 7) is 1.00. The van der Waals surface area contributed by atoms with Crippen LogP contribution in [0, 0.1) is 5.92 Å². The quantitative estimate of drug-likeness (QED) is 0.400. The van der Waals surface area contributed by atoms with Gasteiger partial charge in [0.25, 0.3) is 5.91 Å². The van der Waals surface area contributed by atoms with E-state index in [0.717, 1.165) is 16.7 Å². The SMILES string of the molecule is Cn1c(NC(=O)C2CCN(C(=O)c3cnn(-c4ccccc4)c3-n3cccc3)CC2)nc2ccccc21. The summed E-state index contributed by atoms with van der Waals surface area (Å²) in [6.07, 6.45) is 6.63. The van der Waals surface area contributed by atoms with Crippen LogP contribution in [0.3, 0.4) is 0 Å². The molecule has 0 unspecified atom stereocenters. The van der Waals surface area contributed by atoms with E-state index < -0.39 is 0 Å². The highest BCUT2D eigenvalue weighted by atomic mass is 16.2. The molecule has 0 bridgehead atoms. The van der Waals surface area contributed by atoms with E-state index in [4.69, 9.17) is 0 Å². The summed E-state index contributed by atoms with van der Waals surface area (Å²) in [6, 6.07) is 21.4. The number of para-hydroxylation sites is 3. The Morgan fingerprint density at radius 3 is 2.35 bits per heavy atom. The molecule has 0 spiro atoms. The first-order valence-electron chi connectivity index (χ1n) is 12.4. The molecule has 1 fully saturated rings. The number of rotatable bonds is 5. The molecule has 0 aliphatic carbocycles. The number of benzene rings is 2. The van der Waals surface area contributed by atoms with Crippen LogP contribution in [0.2, 0.25) is 0 Å². The van der Waals surface area contributed by atoms with Gasteiger partial charge in [0.15, 0.2) is 5.82 Å². The molecule has 1 saturated heterocycles. The van der Waals surface area contributed by atoms with Crippen LogP contribution in [0.1, 0.15) is 23.2 Å². The van der Waals surface area contributed by atoms with E-state index in [1.165, 1.54) is 0 Å². The number of piperidine rings is 1. The lowest BCUT2D eigenvalue weighted by atomic mass is 9.95. The number of aromatic nitrogens is 5. The first-order valence-corrected chi connectivity index (χ1v) is 12.4. The van der Waals surface area contributed by atoms with E-state index >= 15 is 0 Å². The third-order valence-corrected chi connectivity index (χ3v) is 7.00. The van der Waals surface area contributed by atoms with Crippen LogP contribution in [0.25, 0.3) is 22.5 Å². The van der Waals surface area contributed by atoms with Crippen molar-refractivity contribution in [1.82, 2.24) is 28.8 Å². The highest BCUT2D eigenvalue weighted by Crippen LogP contribution is 2.25. The Kier molecular flexibility index (Phi) is 5.80. The summed E-state index contributed by atoms with van der Waals surface area (Å²) in [5.74, 6) is 0.910. The normalized spacial score (nSPS) is 14.2. The Labute approximate surface area is 213 Å². The Morgan fingerprint density at radius 2 is 1.62 bits per heavy atom. The van der Waals surface area contributed by atoms with E-state index in [0.29, 0.717) is 43.3 Å². The number of aryl methyl sites for hydroxylation is 1. The number of imidazole rings is 1. The highest BCUT2D eigenvalue weighted by Gasteiger charge is 2.31. The third kappa shape index (κ3) is 4.18. The molecule has 6 rings (SSSR count).